The zero-order chi connectivity index (χ0) is 19.8. The van der Waals surface area contributed by atoms with Gasteiger partial charge in [0.2, 0.25) is 5.91 Å². The number of rotatable bonds is 9. The maximum absolute atomic E-state index is 11.9. The molecular formula is C21H23ClN4O2. The summed E-state index contributed by atoms with van der Waals surface area (Å²) in [6.45, 7) is 1.06. The van der Waals surface area contributed by atoms with E-state index in [9.17, 15) is 9.59 Å². The van der Waals surface area contributed by atoms with Gasteiger partial charge in [-0.2, -0.15) is 0 Å². The summed E-state index contributed by atoms with van der Waals surface area (Å²) in [5.41, 5.74) is 2.55. The molecule has 0 radical (unpaired) electrons. The van der Waals surface area contributed by atoms with Crippen LogP contribution in [0.4, 0.5) is 0 Å². The predicted molar refractivity (Wildman–Crippen MR) is 110 cm³/mol. The minimum absolute atomic E-state index is 0.00894. The molecule has 0 aliphatic carbocycles. The average Bonchev–Trinajstić information content (AvgIpc) is 3.12. The summed E-state index contributed by atoms with van der Waals surface area (Å²) in [4.78, 5) is 31.6. The molecule has 0 fully saturated rings. The first kappa shape index (κ1) is 19.9. The molecule has 0 spiro atoms. The fourth-order valence-corrected chi connectivity index (χ4v) is 2.98. The molecule has 1 heterocycles. The topological polar surface area (TPSA) is 86.9 Å². The first-order chi connectivity index (χ1) is 13.6. The normalized spacial score (nSPS) is 10.8. The van der Waals surface area contributed by atoms with E-state index in [1.54, 1.807) is 24.3 Å². The van der Waals surface area contributed by atoms with Crippen molar-refractivity contribution in [2.24, 2.45) is 0 Å². The summed E-state index contributed by atoms with van der Waals surface area (Å²) in [6.07, 6.45) is 2.57. The Balaban J connectivity index is 1.27. The Morgan fingerprint density at radius 1 is 0.964 bits per heavy atom. The maximum atomic E-state index is 11.9. The van der Waals surface area contributed by atoms with Crippen LogP contribution in [0.25, 0.3) is 11.0 Å². The lowest BCUT2D eigenvalue weighted by atomic mass is 10.2. The molecule has 3 rings (SSSR count). The molecule has 0 saturated heterocycles. The van der Waals surface area contributed by atoms with Gasteiger partial charge in [-0.1, -0.05) is 23.7 Å². The van der Waals surface area contributed by atoms with Crippen molar-refractivity contribution in [1.29, 1.82) is 0 Å². The summed E-state index contributed by atoms with van der Waals surface area (Å²) in [5, 5.41) is 6.30. The van der Waals surface area contributed by atoms with Gasteiger partial charge in [0, 0.05) is 36.5 Å². The van der Waals surface area contributed by atoms with Crippen molar-refractivity contribution in [2.75, 3.05) is 13.1 Å². The molecule has 1 aromatic heterocycles. The molecule has 0 atom stereocenters. The number of imidazole rings is 1. The fourth-order valence-electron chi connectivity index (χ4n) is 2.85. The lowest BCUT2D eigenvalue weighted by Gasteiger charge is -2.06. The maximum Gasteiger partial charge on any atom is 0.251 e. The van der Waals surface area contributed by atoms with Gasteiger partial charge in [-0.15, -0.1) is 0 Å². The lowest BCUT2D eigenvalue weighted by Crippen LogP contribution is -2.28. The number of hydrogen-bond donors (Lipinski definition) is 3. The highest BCUT2D eigenvalue weighted by Crippen LogP contribution is 2.11. The van der Waals surface area contributed by atoms with Crippen LogP contribution in [-0.4, -0.2) is 34.9 Å². The second kappa shape index (κ2) is 9.90. The number of nitrogens with zero attached hydrogens (tertiary/aromatic N) is 1. The molecule has 2 amide bonds. The number of aromatic nitrogens is 2. The van der Waals surface area contributed by atoms with E-state index in [1.807, 2.05) is 24.3 Å². The van der Waals surface area contributed by atoms with Crippen molar-refractivity contribution in [1.82, 2.24) is 20.6 Å². The molecule has 0 saturated carbocycles. The van der Waals surface area contributed by atoms with E-state index in [-0.39, 0.29) is 11.8 Å². The van der Waals surface area contributed by atoms with Gasteiger partial charge in [0.05, 0.1) is 11.0 Å². The molecule has 6 nitrogen and oxygen atoms in total. The van der Waals surface area contributed by atoms with Gasteiger partial charge in [0.15, 0.2) is 0 Å². The number of nitrogens with one attached hydrogen (secondary N) is 3. The second-order valence-corrected chi connectivity index (χ2v) is 6.96. The van der Waals surface area contributed by atoms with Crippen molar-refractivity contribution in [3.63, 3.8) is 0 Å². The van der Waals surface area contributed by atoms with Gasteiger partial charge in [-0.25, -0.2) is 4.98 Å². The second-order valence-electron chi connectivity index (χ2n) is 6.52. The van der Waals surface area contributed by atoms with Crippen LogP contribution in [0, 0.1) is 0 Å². The number of benzene rings is 2. The number of hydrogen-bond acceptors (Lipinski definition) is 3. The third-order valence-corrected chi connectivity index (χ3v) is 4.58. The Hall–Kier alpha value is -2.86. The van der Waals surface area contributed by atoms with Crippen molar-refractivity contribution >= 4 is 34.4 Å². The Morgan fingerprint density at radius 2 is 1.71 bits per heavy atom. The highest BCUT2D eigenvalue weighted by molar-refractivity contribution is 6.30. The van der Waals surface area contributed by atoms with Crippen molar-refractivity contribution in [3.8, 4) is 0 Å². The number of amides is 2. The SMILES string of the molecule is O=C(CCCNC(=O)c1ccc(Cl)cc1)NCCCc1nc2ccccc2[nH]1. The first-order valence-corrected chi connectivity index (χ1v) is 9.74. The monoisotopic (exact) mass is 398 g/mol. The molecule has 0 aliphatic rings. The Bertz CT molecular complexity index is 904. The number of fused-ring (bicyclic) bond motifs is 1. The minimum atomic E-state index is -0.164. The number of aryl methyl sites for hydroxylation is 1. The van der Waals surface area contributed by atoms with Gasteiger partial charge < -0.3 is 15.6 Å². The molecular weight excluding hydrogens is 376 g/mol. The molecule has 146 valence electrons. The number of aromatic amines is 1. The molecule has 0 unspecified atom stereocenters. The van der Waals surface area contributed by atoms with Crippen LogP contribution in [0.15, 0.2) is 48.5 Å². The van der Waals surface area contributed by atoms with E-state index in [0.717, 1.165) is 29.7 Å². The first-order valence-electron chi connectivity index (χ1n) is 9.36. The molecule has 2 aromatic carbocycles. The third kappa shape index (κ3) is 5.82. The number of carbonyl (C=O) groups excluding carboxylic acids is 2. The Labute approximate surface area is 168 Å². The summed E-state index contributed by atoms with van der Waals surface area (Å²) in [7, 11) is 0. The number of H-pyrrole nitrogens is 1. The zero-order valence-electron chi connectivity index (χ0n) is 15.5. The van der Waals surface area contributed by atoms with E-state index in [1.165, 1.54) is 0 Å². The van der Waals surface area contributed by atoms with Crippen LogP contribution in [0.1, 0.15) is 35.4 Å². The molecule has 0 bridgehead atoms. The van der Waals surface area contributed by atoms with E-state index >= 15 is 0 Å². The van der Waals surface area contributed by atoms with Crippen LogP contribution in [0.5, 0.6) is 0 Å². The quantitative estimate of drug-likeness (QED) is 0.482. The third-order valence-electron chi connectivity index (χ3n) is 4.32. The van der Waals surface area contributed by atoms with Gasteiger partial charge in [0.1, 0.15) is 5.82 Å². The van der Waals surface area contributed by atoms with Crippen LogP contribution < -0.4 is 10.6 Å². The number of carbonyl (C=O) groups is 2. The average molecular weight is 399 g/mol. The van der Waals surface area contributed by atoms with E-state index in [4.69, 9.17) is 11.6 Å². The summed E-state index contributed by atoms with van der Waals surface area (Å²) in [6, 6.07) is 14.6. The molecule has 3 aromatic rings. The van der Waals surface area contributed by atoms with Gasteiger partial charge in [-0.05, 0) is 49.2 Å². The molecule has 7 heteroatoms. The molecule has 3 N–H and O–H groups in total. The van der Waals surface area contributed by atoms with E-state index < -0.39 is 0 Å². The predicted octanol–water partition coefficient (Wildman–Crippen LogP) is 3.48. The number of halogens is 1. The summed E-state index contributed by atoms with van der Waals surface area (Å²) >= 11 is 5.80. The van der Waals surface area contributed by atoms with E-state index in [0.29, 0.717) is 36.5 Å². The van der Waals surface area contributed by atoms with Gasteiger partial charge in [-0.3, -0.25) is 9.59 Å². The van der Waals surface area contributed by atoms with E-state index in [2.05, 4.69) is 20.6 Å². The minimum Gasteiger partial charge on any atom is -0.356 e. The van der Waals surface area contributed by atoms with Crippen LogP contribution in [0.2, 0.25) is 5.02 Å². The van der Waals surface area contributed by atoms with Crippen LogP contribution in [0.3, 0.4) is 0 Å². The van der Waals surface area contributed by atoms with Gasteiger partial charge in [0.25, 0.3) is 5.91 Å². The molecule has 28 heavy (non-hydrogen) atoms. The Morgan fingerprint density at radius 3 is 2.50 bits per heavy atom. The standard InChI is InChI=1S/C21H23ClN4O2/c22-16-11-9-15(10-12-16)21(28)24-14-4-8-20(27)23-13-3-7-19-25-17-5-1-2-6-18(17)26-19/h1-2,5-6,9-12H,3-4,7-8,13-14H2,(H,23,27)(H,24,28)(H,25,26). The van der Waals surface area contributed by atoms with Crippen LogP contribution >= 0.6 is 11.6 Å². The summed E-state index contributed by atoms with van der Waals surface area (Å²) in [5.74, 6) is 0.758. The smallest absolute Gasteiger partial charge is 0.251 e. The van der Waals surface area contributed by atoms with Gasteiger partial charge >= 0.3 is 0 Å². The van der Waals surface area contributed by atoms with Crippen LogP contribution in [-0.2, 0) is 11.2 Å². The fraction of sp³-hybridized carbons (Fsp3) is 0.286. The Kier molecular flexibility index (Phi) is 7.03. The zero-order valence-corrected chi connectivity index (χ0v) is 16.3. The largest absolute Gasteiger partial charge is 0.356 e. The highest BCUT2D eigenvalue weighted by atomic mass is 35.5. The lowest BCUT2D eigenvalue weighted by molar-refractivity contribution is -0.121. The summed E-state index contributed by atoms with van der Waals surface area (Å²) < 4.78 is 0. The van der Waals surface area contributed by atoms with Crippen molar-refractivity contribution < 1.29 is 9.59 Å². The van der Waals surface area contributed by atoms with Crippen molar-refractivity contribution in [2.45, 2.75) is 25.7 Å². The van der Waals surface area contributed by atoms with Crippen molar-refractivity contribution in [3.05, 3.63) is 64.9 Å². The number of para-hydroxylation sites is 2. The molecule has 0 aliphatic heterocycles. The highest BCUT2D eigenvalue weighted by Gasteiger charge is 2.06.